The van der Waals surface area contributed by atoms with Crippen molar-refractivity contribution < 1.29 is 4.79 Å². The van der Waals surface area contributed by atoms with Crippen molar-refractivity contribution in [2.24, 2.45) is 0 Å². The molecule has 2 N–H and O–H groups in total. The Bertz CT molecular complexity index is 971. The van der Waals surface area contributed by atoms with Gasteiger partial charge in [-0.25, -0.2) is 0 Å². The van der Waals surface area contributed by atoms with Crippen LogP contribution in [-0.2, 0) is 6.54 Å². The summed E-state index contributed by atoms with van der Waals surface area (Å²) >= 11 is 0. The van der Waals surface area contributed by atoms with E-state index < -0.39 is 10.9 Å². The SMILES string of the molecule is CC.CC(=O)c1cccc(Nc2c(NCc3ccccc3)c(=O)c2=O)c1.CCC. The molecule has 5 heteroatoms. The van der Waals surface area contributed by atoms with Gasteiger partial charge >= 0.3 is 0 Å². The van der Waals surface area contributed by atoms with Crippen LogP contribution in [0.4, 0.5) is 17.1 Å². The predicted molar refractivity (Wildman–Crippen MR) is 122 cm³/mol. The molecule has 0 heterocycles. The molecular formula is C24H30N2O3. The fourth-order valence-electron chi connectivity index (χ4n) is 2.43. The number of Topliss-reactive ketones (excluding diaryl/α,β-unsaturated/α-hetero) is 1. The average molecular weight is 395 g/mol. The molecular weight excluding hydrogens is 364 g/mol. The van der Waals surface area contributed by atoms with Crippen molar-refractivity contribution in [1.82, 2.24) is 0 Å². The average Bonchev–Trinajstić information content (AvgIpc) is 2.75. The number of carbonyl (C=O) groups excluding carboxylic acids is 1. The van der Waals surface area contributed by atoms with E-state index in [4.69, 9.17) is 0 Å². The maximum absolute atomic E-state index is 11.8. The Morgan fingerprint density at radius 1 is 0.862 bits per heavy atom. The number of hydrogen-bond acceptors (Lipinski definition) is 5. The van der Waals surface area contributed by atoms with Gasteiger partial charge in [-0.2, -0.15) is 0 Å². The molecule has 0 bridgehead atoms. The predicted octanol–water partition coefficient (Wildman–Crippen LogP) is 5.28. The summed E-state index contributed by atoms with van der Waals surface area (Å²) in [5, 5.41) is 5.94. The first kappa shape index (κ1) is 23.8. The minimum absolute atomic E-state index is 0.0638. The van der Waals surface area contributed by atoms with E-state index in [1.165, 1.54) is 13.3 Å². The van der Waals surface area contributed by atoms with Crippen molar-refractivity contribution >= 4 is 22.8 Å². The fourth-order valence-corrected chi connectivity index (χ4v) is 2.43. The smallest absolute Gasteiger partial charge is 0.253 e. The Morgan fingerprint density at radius 3 is 2.03 bits per heavy atom. The monoisotopic (exact) mass is 394 g/mol. The van der Waals surface area contributed by atoms with Gasteiger partial charge in [0.1, 0.15) is 11.4 Å². The highest BCUT2D eigenvalue weighted by Crippen LogP contribution is 2.22. The van der Waals surface area contributed by atoms with Crippen molar-refractivity contribution in [3.05, 3.63) is 86.2 Å². The number of nitrogens with one attached hydrogen (secondary N) is 2. The molecule has 29 heavy (non-hydrogen) atoms. The van der Waals surface area contributed by atoms with Crippen LogP contribution in [-0.4, -0.2) is 5.78 Å². The van der Waals surface area contributed by atoms with Crippen LogP contribution in [0.1, 0.15) is 57.0 Å². The lowest BCUT2D eigenvalue weighted by Crippen LogP contribution is -2.36. The summed E-state index contributed by atoms with van der Waals surface area (Å²) in [5.74, 6) is -0.0638. The standard InChI is InChI=1S/C19H16N2O3.C3H8.C2H6/c1-12(22)14-8-5-9-15(10-14)21-17-16(18(23)19(17)24)20-11-13-6-3-2-4-7-13;1-3-2;1-2/h2-10,20-21H,11H2,1H3;3H2,1-2H3;1-2H3. The lowest BCUT2D eigenvalue weighted by Gasteiger charge is -2.15. The molecule has 0 saturated heterocycles. The summed E-state index contributed by atoms with van der Waals surface area (Å²) in [5.41, 5.74) is 1.56. The number of hydrogen-bond donors (Lipinski definition) is 2. The van der Waals surface area contributed by atoms with E-state index in [-0.39, 0.29) is 17.2 Å². The Labute approximate surface area is 172 Å². The highest BCUT2D eigenvalue weighted by atomic mass is 16.2. The minimum Gasteiger partial charge on any atom is -0.376 e. The van der Waals surface area contributed by atoms with E-state index in [1.54, 1.807) is 24.3 Å². The third kappa shape index (κ3) is 6.71. The van der Waals surface area contributed by atoms with Gasteiger partial charge in [0.25, 0.3) is 10.9 Å². The molecule has 0 unspecified atom stereocenters. The van der Waals surface area contributed by atoms with E-state index in [9.17, 15) is 14.4 Å². The van der Waals surface area contributed by atoms with E-state index in [0.29, 0.717) is 17.8 Å². The number of rotatable bonds is 6. The first-order valence-corrected chi connectivity index (χ1v) is 9.97. The minimum atomic E-state index is -0.557. The fraction of sp³-hybridized carbons (Fsp3) is 0.292. The molecule has 0 aliphatic carbocycles. The van der Waals surface area contributed by atoms with Crippen LogP contribution in [0.15, 0.2) is 64.2 Å². The number of ketones is 1. The summed E-state index contributed by atoms with van der Waals surface area (Å²) in [4.78, 5) is 35.1. The van der Waals surface area contributed by atoms with Gasteiger partial charge < -0.3 is 10.6 Å². The van der Waals surface area contributed by atoms with Gasteiger partial charge in [0.15, 0.2) is 5.78 Å². The van der Waals surface area contributed by atoms with Gasteiger partial charge in [-0.1, -0.05) is 76.6 Å². The number of benzene rings is 2. The van der Waals surface area contributed by atoms with Crippen LogP contribution in [0.2, 0.25) is 0 Å². The van der Waals surface area contributed by atoms with Gasteiger partial charge in [-0.3, -0.25) is 14.4 Å². The molecule has 0 aromatic heterocycles. The summed E-state index contributed by atoms with van der Waals surface area (Å²) in [6.45, 7) is 10.2. The zero-order chi connectivity index (χ0) is 21.8. The molecule has 5 nitrogen and oxygen atoms in total. The second kappa shape index (κ2) is 12.3. The topological polar surface area (TPSA) is 75.3 Å². The van der Waals surface area contributed by atoms with Gasteiger partial charge in [-0.05, 0) is 24.6 Å². The maximum Gasteiger partial charge on any atom is 0.253 e. The lowest BCUT2D eigenvalue weighted by atomic mass is 10.1. The van der Waals surface area contributed by atoms with E-state index >= 15 is 0 Å². The maximum atomic E-state index is 11.8. The summed E-state index contributed by atoms with van der Waals surface area (Å²) in [6.07, 6.45) is 1.25. The highest BCUT2D eigenvalue weighted by molar-refractivity contribution is 5.95. The molecule has 0 fully saturated rings. The zero-order valence-electron chi connectivity index (χ0n) is 17.8. The first-order chi connectivity index (χ1) is 14.0. The summed E-state index contributed by atoms with van der Waals surface area (Å²) in [7, 11) is 0. The highest BCUT2D eigenvalue weighted by Gasteiger charge is 2.20. The van der Waals surface area contributed by atoms with Crippen molar-refractivity contribution in [3.8, 4) is 0 Å². The Kier molecular flexibility index (Phi) is 10.1. The quantitative estimate of drug-likeness (QED) is 0.439. The Balaban J connectivity index is 0.000000771. The van der Waals surface area contributed by atoms with Crippen molar-refractivity contribution in [2.45, 2.75) is 47.6 Å². The van der Waals surface area contributed by atoms with Crippen molar-refractivity contribution in [1.29, 1.82) is 0 Å². The molecule has 3 aromatic rings. The Hall–Kier alpha value is -3.21. The Morgan fingerprint density at radius 2 is 1.45 bits per heavy atom. The van der Waals surface area contributed by atoms with Crippen LogP contribution in [0.3, 0.4) is 0 Å². The summed E-state index contributed by atoms with van der Waals surface area (Å²) < 4.78 is 0. The number of carbonyl (C=O) groups is 1. The second-order valence-electron chi connectivity index (χ2n) is 6.22. The largest absolute Gasteiger partial charge is 0.376 e. The van der Waals surface area contributed by atoms with Crippen LogP contribution in [0.5, 0.6) is 0 Å². The normalized spacial score (nSPS) is 9.55. The molecule has 0 spiro atoms. The molecule has 3 rings (SSSR count). The van der Waals surface area contributed by atoms with Crippen LogP contribution in [0.25, 0.3) is 0 Å². The zero-order valence-corrected chi connectivity index (χ0v) is 17.8. The molecule has 0 saturated carbocycles. The first-order valence-electron chi connectivity index (χ1n) is 9.97. The summed E-state index contributed by atoms with van der Waals surface area (Å²) in [6, 6.07) is 16.4. The van der Waals surface area contributed by atoms with Gasteiger partial charge in [0.05, 0.1) is 0 Å². The molecule has 154 valence electrons. The second-order valence-corrected chi connectivity index (χ2v) is 6.22. The molecule has 0 radical (unpaired) electrons. The van der Waals surface area contributed by atoms with Gasteiger partial charge in [-0.15, -0.1) is 0 Å². The molecule has 0 atom stereocenters. The molecule has 0 aliphatic heterocycles. The van der Waals surface area contributed by atoms with E-state index in [0.717, 1.165) is 5.56 Å². The molecule has 0 amide bonds. The van der Waals surface area contributed by atoms with Crippen LogP contribution < -0.4 is 21.5 Å². The van der Waals surface area contributed by atoms with Gasteiger partial charge in [0.2, 0.25) is 0 Å². The third-order valence-corrected chi connectivity index (χ3v) is 3.76. The van der Waals surface area contributed by atoms with Crippen LogP contribution >= 0.6 is 0 Å². The molecule has 0 aliphatic rings. The van der Waals surface area contributed by atoms with Gasteiger partial charge in [0, 0.05) is 17.8 Å². The van der Waals surface area contributed by atoms with E-state index in [2.05, 4.69) is 24.5 Å². The number of anilines is 3. The molecule has 3 aromatic carbocycles. The third-order valence-electron chi connectivity index (χ3n) is 3.76. The van der Waals surface area contributed by atoms with Crippen molar-refractivity contribution in [2.75, 3.05) is 10.6 Å². The van der Waals surface area contributed by atoms with Crippen LogP contribution in [0, 0.1) is 0 Å². The van der Waals surface area contributed by atoms with E-state index in [1.807, 2.05) is 44.2 Å². The lowest BCUT2D eigenvalue weighted by molar-refractivity contribution is 0.101. The van der Waals surface area contributed by atoms with Crippen molar-refractivity contribution in [3.63, 3.8) is 0 Å².